The molecule has 20 heavy (non-hydrogen) atoms. The van der Waals surface area contributed by atoms with Crippen LogP contribution in [0.1, 0.15) is 32.6 Å². The van der Waals surface area contributed by atoms with Crippen molar-refractivity contribution in [3.63, 3.8) is 0 Å². The molecule has 1 fully saturated rings. The van der Waals surface area contributed by atoms with Crippen molar-refractivity contribution in [3.8, 4) is 0 Å². The molecule has 0 aliphatic heterocycles. The summed E-state index contributed by atoms with van der Waals surface area (Å²) in [4.78, 5) is 10.4. The van der Waals surface area contributed by atoms with Gasteiger partial charge in [-0.3, -0.25) is 10.1 Å². The van der Waals surface area contributed by atoms with Crippen LogP contribution < -0.4 is 11.1 Å². The predicted molar refractivity (Wildman–Crippen MR) is 88.9 cm³/mol. The number of nitro benzene ring substituents is 1. The Bertz CT molecular complexity index is 509. The number of benzene rings is 1. The topological polar surface area (TPSA) is 81.2 Å². The van der Waals surface area contributed by atoms with Gasteiger partial charge in [-0.05, 0) is 47.4 Å². The van der Waals surface area contributed by atoms with E-state index in [-0.39, 0.29) is 16.1 Å². The fourth-order valence-corrected chi connectivity index (χ4v) is 3.57. The number of halogens is 1. The number of non-ortho nitro benzene ring substituents is 1. The molecule has 1 aliphatic rings. The number of nitrogens with one attached hydrogen (secondary N) is 1. The van der Waals surface area contributed by atoms with Gasteiger partial charge in [0.15, 0.2) is 0 Å². The standard InChI is InChI=1S/C14H20IN3O2/c1-10-4-2-3-7-14(10,9-16)17-13-6-5-11(18(19)20)8-12(13)15/h5-6,8,10,17H,2-4,7,9,16H2,1H3. The first-order valence-corrected chi connectivity index (χ1v) is 7.98. The van der Waals surface area contributed by atoms with Crippen LogP contribution in [0.4, 0.5) is 11.4 Å². The van der Waals surface area contributed by atoms with Crippen LogP contribution in [0, 0.1) is 19.6 Å². The van der Waals surface area contributed by atoms with Gasteiger partial charge in [0.05, 0.1) is 10.5 Å². The summed E-state index contributed by atoms with van der Waals surface area (Å²) >= 11 is 2.14. The third kappa shape index (κ3) is 3.06. The molecule has 6 heteroatoms. The second-order valence-electron chi connectivity index (χ2n) is 5.55. The van der Waals surface area contributed by atoms with Gasteiger partial charge in [-0.15, -0.1) is 0 Å². The lowest BCUT2D eigenvalue weighted by molar-refractivity contribution is -0.384. The molecular weight excluding hydrogens is 369 g/mol. The number of hydrogen-bond donors (Lipinski definition) is 2. The van der Waals surface area contributed by atoms with Crippen LogP contribution in [0.25, 0.3) is 0 Å². The van der Waals surface area contributed by atoms with Crippen LogP contribution in [0.2, 0.25) is 0 Å². The lowest BCUT2D eigenvalue weighted by atomic mass is 9.73. The molecule has 0 bridgehead atoms. The molecule has 2 unspecified atom stereocenters. The van der Waals surface area contributed by atoms with Gasteiger partial charge in [0.1, 0.15) is 0 Å². The first kappa shape index (κ1) is 15.5. The van der Waals surface area contributed by atoms with Gasteiger partial charge in [0.25, 0.3) is 5.69 Å². The smallest absolute Gasteiger partial charge is 0.270 e. The van der Waals surface area contributed by atoms with Crippen LogP contribution in [0.3, 0.4) is 0 Å². The Morgan fingerprint density at radius 2 is 2.30 bits per heavy atom. The van der Waals surface area contributed by atoms with Gasteiger partial charge in [-0.2, -0.15) is 0 Å². The molecular formula is C14H20IN3O2. The molecule has 1 aromatic rings. The summed E-state index contributed by atoms with van der Waals surface area (Å²) in [5, 5.41) is 14.4. The number of hydrogen-bond acceptors (Lipinski definition) is 4. The highest BCUT2D eigenvalue weighted by Gasteiger charge is 2.37. The van der Waals surface area contributed by atoms with E-state index in [0.29, 0.717) is 12.5 Å². The zero-order valence-electron chi connectivity index (χ0n) is 11.6. The number of anilines is 1. The average molecular weight is 389 g/mol. The van der Waals surface area contributed by atoms with Crippen LogP contribution in [-0.4, -0.2) is 17.0 Å². The molecule has 0 amide bonds. The van der Waals surface area contributed by atoms with E-state index >= 15 is 0 Å². The third-order valence-electron chi connectivity index (χ3n) is 4.36. The van der Waals surface area contributed by atoms with E-state index in [4.69, 9.17) is 5.73 Å². The van der Waals surface area contributed by atoms with Gasteiger partial charge in [0.2, 0.25) is 0 Å². The molecule has 2 atom stereocenters. The number of nitro groups is 1. The number of nitrogens with zero attached hydrogens (tertiary/aromatic N) is 1. The fourth-order valence-electron chi connectivity index (χ4n) is 2.94. The largest absolute Gasteiger partial charge is 0.377 e. The van der Waals surface area contributed by atoms with Crippen LogP contribution in [0.15, 0.2) is 18.2 Å². The number of nitrogens with two attached hydrogens (primary N) is 1. The van der Waals surface area contributed by atoms with Crippen molar-refractivity contribution in [1.82, 2.24) is 0 Å². The average Bonchev–Trinajstić information content (AvgIpc) is 2.43. The van der Waals surface area contributed by atoms with E-state index in [9.17, 15) is 10.1 Å². The van der Waals surface area contributed by atoms with Crippen molar-refractivity contribution >= 4 is 34.0 Å². The summed E-state index contributed by atoms with van der Waals surface area (Å²) in [7, 11) is 0. The molecule has 1 saturated carbocycles. The first-order chi connectivity index (χ1) is 9.48. The second-order valence-corrected chi connectivity index (χ2v) is 6.72. The van der Waals surface area contributed by atoms with Crippen LogP contribution in [-0.2, 0) is 0 Å². The Balaban J connectivity index is 2.25. The van der Waals surface area contributed by atoms with Crippen molar-refractivity contribution < 1.29 is 4.92 Å². The van der Waals surface area contributed by atoms with Crippen molar-refractivity contribution in [2.24, 2.45) is 11.7 Å². The predicted octanol–water partition coefficient (Wildman–Crippen LogP) is 3.52. The maximum atomic E-state index is 10.8. The maximum absolute atomic E-state index is 10.8. The third-order valence-corrected chi connectivity index (χ3v) is 5.26. The van der Waals surface area contributed by atoms with E-state index < -0.39 is 0 Å². The summed E-state index contributed by atoms with van der Waals surface area (Å²) in [5.74, 6) is 0.507. The Kier molecular flexibility index (Phi) is 4.85. The molecule has 0 aromatic heterocycles. The monoisotopic (exact) mass is 389 g/mol. The van der Waals surface area contributed by atoms with Crippen LogP contribution >= 0.6 is 22.6 Å². The van der Waals surface area contributed by atoms with Crippen molar-refractivity contribution in [1.29, 1.82) is 0 Å². The minimum Gasteiger partial charge on any atom is -0.377 e. The van der Waals surface area contributed by atoms with E-state index in [1.807, 2.05) is 0 Å². The Hall–Kier alpha value is -0.890. The highest BCUT2D eigenvalue weighted by Crippen LogP contribution is 2.37. The first-order valence-electron chi connectivity index (χ1n) is 6.91. The molecule has 2 rings (SSSR count). The second kappa shape index (κ2) is 6.26. The van der Waals surface area contributed by atoms with Crippen molar-refractivity contribution in [3.05, 3.63) is 31.9 Å². The minimum absolute atomic E-state index is 0.0890. The molecule has 1 aromatic carbocycles. The summed E-state index contributed by atoms with van der Waals surface area (Å²) in [6.45, 7) is 2.82. The highest BCUT2D eigenvalue weighted by molar-refractivity contribution is 14.1. The zero-order valence-corrected chi connectivity index (χ0v) is 13.7. The Morgan fingerprint density at radius 1 is 1.55 bits per heavy atom. The Labute approximate surface area is 132 Å². The van der Waals surface area contributed by atoms with E-state index in [1.54, 1.807) is 18.2 Å². The SMILES string of the molecule is CC1CCCCC1(CN)Nc1ccc([N+](=O)[O-])cc1I. The van der Waals surface area contributed by atoms with Crippen molar-refractivity contribution in [2.45, 2.75) is 38.1 Å². The summed E-state index contributed by atoms with van der Waals surface area (Å²) in [6.07, 6.45) is 4.66. The highest BCUT2D eigenvalue weighted by atomic mass is 127. The van der Waals surface area contributed by atoms with Crippen molar-refractivity contribution in [2.75, 3.05) is 11.9 Å². The fraction of sp³-hybridized carbons (Fsp3) is 0.571. The maximum Gasteiger partial charge on any atom is 0.270 e. The lowest BCUT2D eigenvalue weighted by Crippen LogP contribution is -2.52. The van der Waals surface area contributed by atoms with Gasteiger partial charge in [0, 0.05) is 27.9 Å². The molecule has 0 heterocycles. The summed E-state index contributed by atoms with van der Waals surface area (Å²) < 4.78 is 0.863. The molecule has 0 spiro atoms. The lowest BCUT2D eigenvalue weighted by Gasteiger charge is -2.43. The van der Waals surface area contributed by atoms with Gasteiger partial charge in [-0.1, -0.05) is 19.8 Å². The van der Waals surface area contributed by atoms with E-state index in [1.165, 1.54) is 19.3 Å². The molecule has 5 nitrogen and oxygen atoms in total. The van der Waals surface area contributed by atoms with Gasteiger partial charge < -0.3 is 11.1 Å². The Morgan fingerprint density at radius 3 is 2.85 bits per heavy atom. The van der Waals surface area contributed by atoms with Gasteiger partial charge >= 0.3 is 0 Å². The summed E-state index contributed by atoms with van der Waals surface area (Å²) in [5.41, 5.74) is 7.01. The number of rotatable bonds is 4. The quantitative estimate of drug-likeness (QED) is 0.469. The summed E-state index contributed by atoms with van der Waals surface area (Å²) in [6, 6.07) is 4.93. The molecule has 110 valence electrons. The molecule has 1 aliphatic carbocycles. The molecule has 0 saturated heterocycles. The zero-order chi connectivity index (χ0) is 14.8. The normalized spacial score (nSPS) is 26.2. The van der Waals surface area contributed by atoms with Crippen LogP contribution in [0.5, 0.6) is 0 Å². The molecule has 0 radical (unpaired) electrons. The minimum atomic E-state index is -0.367. The van der Waals surface area contributed by atoms with Gasteiger partial charge in [-0.25, -0.2) is 0 Å². The molecule has 3 N–H and O–H groups in total. The van der Waals surface area contributed by atoms with E-state index in [0.717, 1.165) is 15.7 Å². The van der Waals surface area contributed by atoms with E-state index in [2.05, 4.69) is 34.8 Å².